The summed E-state index contributed by atoms with van der Waals surface area (Å²) in [6.45, 7) is 3.42. The average molecular weight is 367 g/mol. The first kappa shape index (κ1) is 18.9. The van der Waals surface area contributed by atoms with Crippen molar-refractivity contribution in [2.45, 2.75) is 31.7 Å². The summed E-state index contributed by atoms with van der Waals surface area (Å²) in [4.78, 5) is 11.9. The van der Waals surface area contributed by atoms with E-state index in [0.717, 1.165) is 11.3 Å². The number of aromatic nitrogens is 1. The highest BCUT2D eigenvalue weighted by Gasteiger charge is 2.23. The van der Waals surface area contributed by atoms with E-state index in [2.05, 4.69) is 15.2 Å². The average Bonchev–Trinajstić information content (AvgIpc) is 2.92. The van der Waals surface area contributed by atoms with Crippen molar-refractivity contribution in [2.24, 2.45) is 0 Å². The van der Waals surface area contributed by atoms with Crippen LogP contribution in [0.15, 0.2) is 33.7 Å². The fourth-order valence-electron chi connectivity index (χ4n) is 2.26. The second-order valence-electron chi connectivity index (χ2n) is 5.43. The van der Waals surface area contributed by atoms with Gasteiger partial charge in [0.2, 0.25) is 15.9 Å². The van der Waals surface area contributed by atoms with E-state index in [1.165, 1.54) is 6.92 Å². The molecule has 2 aromatic rings. The molecule has 0 aliphatic rings. The van der Waals surface area contributed by atoms with E-state index < -0.39 is 10.0 Å². The number of nitrogens with zero attached hydrogens (tertiary/aromatic N) is 1. The molecule has 0 aliphatic heterocycles. The largest absolute Gasteiger partial charge is 0.497 e. The molecule has 9 heteroatoms. The molecule has 136 valence electrons. The summed E-state index contributed by atoms with van der Waals surface area (Å²) in [6, 6.07) is 7.30. The lowest BCUT2D eigenvalue weighted by Crippen LogP contribution is -2.31. The third kappa shape index (κ3) is 5.04. The Hall–Kier alpha value is -2.39. The summed E-state index contributed by atoms with van der Waals surface area (Å²) in [6.07, 6.45) is 0.0265. The van der Waals surface area contributed by atoms with Gasteiger partial charge >= 0.3 is 0 Å². The smallest absolute Gasteiger partial charge is 0.245 e. The number of methoxy groups -OCH3 is 1. The molecule has 0 saturated heterocycles. The molecule has 0 radical (unpaired) electrons. The summed E-state index contributed by atoms with van der Waals surface area (Å²) < 4.78 is 36.7. The SMILES string of the molecule is COc1ccc(CNC(=O)CCNS(=O)(=O)c2c(C)noc2C)cc1. The van der Waals surface area contributed by atoms with E-state index in [1.807, 2.05) is 12.1 Å². The molecule has 0 unspecified atom stereocenters. The van der Waals surface area contributed by atoms with Crippen LogP contribution in [0, 0.1) is 13.8 Å². The van der Waals surface area contributed by atoms with Crippen molar-refractivity contribution in [1.29, 1.82) is 0 Å². The molecule has 2 N–H and O–H groups in total. The summed E-state index contributed by atoms with van der Waals surface area (Å²) >= 11 is 0. The van der Waals surface area contributed by atoms with E-state index >= 15 is 0 Å². The van der Waals surface area contributed by atoms with Crippen LogP contribution in [0.25, 0.3) is 0 Å². The fourth-order valence-corrected chi connectivity index (χ4v) is 3.62. The number of nitrogens with one attached hydrogen (secondary N) is 2. The Bertz CT molecular complexity index is 808. The number of ether oxygens (including phenoxy) is 1. The van der Waals surface area contributed by atoms with Crippen LogP contribution in [-0.2, 0) is 21.4 Å². The highest BCUT2D eigenvalue weighted by Crippen LogP contribution is 2.18. The molecule has 2 rings (SSSR count). The zero-order chi connectivity index (χ0) is 18.4. The molecule has 0 bridgehead atoms. The predicted molar refractivity (Wildman–Crippen MR) is 90.6 cm³/mol. The number of sulfonamides is 1. The Morgan fingerprint density at radius 3 is 2.48 bits per heavy atom. The van der Waals surface area contributed by atoms with Crippen molar-refractivity contribution in [1.82, 2.24) is 15.2 Å². The van der Waals surface area contributed by atoms with Crippen LogP contribution in [0.5, 0.6) is 5.75 Å². The number of carbonyl (C=O) groups excluding carboxylic acids is 1. The second kappa shape index (κ2) is 8.13. The van der Waals surface area contributed by atoms with Gasteiger partial charge in [0.05, 0.1) is 7.11 Å². The van der Waals surface area contributed by atoms with Crippen LogP contribution in [0.2, 0.25) is 0 Å². The highest BCUT2D eigenvalue weighted by molar-refractivity contribution is 7.89. The van der Waals surface area contributed by atoms with E-state index in [0.29, 0.717) is 6.54 Å². The third-order valence-corrected chi connectivity index (χ3v) is 5.23. The fraction of sp³-hybridized carbons (Fsp3) is 0.375. The van der Waals surface area contributed by atoms with Crippen molar-refractivity contribution in [3.05, 3.63) is 41.3 Å². The minimum absolute atomic E-state index is 0.0131. The maximum atomic E-state index is 12.2. The molecule has 0 spiro atoms. The van der Waals surface area contributed by atoms with Gasteiger partial charge in [-0.3, -0.25) is 4.79 Å². The molecule has 1 amide bonds. The number of benzene rings is 1. The molecular weight excluding hydrogens is 346 g/mol. The van der Waals surface area contributed by atoms with Gasteiger partial charge in [-0.15, -0.1) is 0 Å². The lowest BCUT2D eigenvalue weighted by atomic mass is 10.2. The quantitative estimate of drug-likeness (QED) is 0.727. The number of aryl methyl sites for hydroxylation is 2. The van der Waals surface area contributed by atoms with E-state index in [4.69, 9.17) is 9.26 Å². The topological polar surface area (TPSA) is 111 Å². The van der Waals surface area contributed by atoms with Crippen LogP contribution < -0.4 is 14.8 Å². The molecule has 0 aliphatic carbocycles. The molecule has 0 saturated carbocycles. The van der Waals surface area contributed by atoms with Crippen LogP contribution >= 0.6 is 0 Å². The van der Waals surface area contributed by atoms with Gasteiger partial charge < -0.3 is 14.6 Å². The van der Waals surface area contributed by atoms with E-state index in [1.54, 1.807) is 26.2 Å². The molecule has 1 heterocycles. The minimum atomic E-state index is -3.75. The minimum Gasteiger partial charge on any atom is -0.497 e. The Balaban J connectivity index is 1.80. The van der Waals surface area contributed by atoms with Gasteiger partial charge in [0.1, 0.15) is 16.3 Å². The van der Waals surface area contributed by atoms with Crippen molar-refractivity contribution in [2.75, 3.05) is 13.7 Å². The Morgan fingerprint density at radius 2 is 1.92 bits per heavy atom. The predicted octanol–water partition coefficient (Wildman–Crippen LogP) is 1.28. The van der Waals surface area contributed by atoms with Crippen LogP contribution in [0.1, 0.15) is 23.4 Å². The van der Waals surface area contributed by atoms with Crippen molar-refractivity contribution in [3.63, 3.8) is 0 Å². The molecule has 0 atom stereocenters. The van der Waals surface area contributed by atoms with Crippen molar-refractivity contribution in [3.8, 4) is 5.75 Å². The van der Waals surface area contributed by atoms with Gasteiger partial charge in [0, 0.05) is 19.5 Å². The van der Waals surface area contributed by atoms with Gasteiger partial charge in [-0.25, -0.2) is 13.1 Å². The molecule has 1 aromatic heterocycles. The lowest BCUT2D eigenvalue weighted by Gasteiger charge is -2.08. The van der Waals surface area contributed by atoms with Gasteiger partial charge in [-0.05, 0) is 31.5 Å². The summed E-state index contributed by atoms with van der Waals surface area (Å²) in [5.41, 5.74) is 1.21. The van der Waals surface area contributed by atoms with Gasteiger partial charge in [0.25, 0.3) is 0 Å². The van der Waals surface area contributed by atoms with Crippen LogP contribution in [0.3, 0.4) is 0 Å². The Kier molecular flexibility index (Phi) is 6.16. The normalized spacial score (nSPS) is 11.3. The first-order valence-corrected chi connectivity index (χ1v) is 9.14. The summed E-state index contributed by atoms with van der Waals surface area (Å²) in [7, 11) is -2.17. The molecule has 25 heavy (non-hydrogen) atoms. The number of amides is 1. The summed E-state index contributed by atoms with van der Waals surface area (Å²) in [5.74, 6) is 0.704. The van der Waals surface area contributed by atoms with Crippen molar-refractivity contribution < 1.29 is 22.5 Å². The molecule has 8 nitrogen and oxygen atoms in total. The number of rotatable bonds is 8. The second-order valence-corrected chi connectivity index (χ2v) is 7.13. The number of carbonyl (C=O) groups is 1. The van der Waals surface area contributed by atoms with Crippen LogP contribution in [-0.4, -0.2) is 33.1 Å². The standard InChI is InChI=1S/C16H21N3O5S/c1-11-16(12(2)24-19-11)25(21,22)18-9-8-15(20)17-10-13-4-6-14(23-3)7-5-13/h4-7,18H,8-10H2,1-3H3,(H,17,20). The number of hydrogen-bond donors (Lipinski definition) is 2. The maximum Gasteiger partial charge on any atom is 0.245 e. The highest BCUT2D eigenvalue weighted by atomic mass is 32.2. The summed E-state index contributed by atoms with van der Waals surface area (Å²) in [5, 5.41) is 6.35. The van der Waals surface area contributed by atoms with Crippen LogP contribution in [0.4, 0.5) is 0 Å². The molecule has 1 aromatic carbocycles. The Labute approximate surface area is 146 Å². The first-order chi connectivity index (χ1) is 11.8. The lowest BCUT2D eigenvalue weighted by molar-refractivity contribution is -0.121. The van der Waals surface area contributed by atoms with E-state index in [9.17, 15) is 13.2 Å². The Morgan fingerprint density at radius 1 is 1.24 bits per heavy atom. The van der Waals surface area contributed by atoms with Gasteiger partial charge in [0.15, 0.2) is 5.76 Å². The molecular formula is C16H21N3O5S. The first-order valence-electron chi connectivity index (χ1n) is 7.65. The maximum absolute atomic E-state index is 12.2. The monoisotopic (exact) mass is 367 g/mol. The number of hydrogen-bond acceptors (Lipinski definition) is 6. The third-order valence-electron chi connectivity index (χ3n) is 3.53. The zero-order valence-electron chi connectivity index (χ0n) is 14.3. The van der Waals surface area contributed by atoms with E-state index in [-0.39, 0.29) is 35.2 Å². The molecule has 0 fully saturated rings. The van der Waals surface area contributed by atoms with Gasteiger partial charge in [-0.2, -0.15) is 0 Å². The van der Waals surface area contributed by atoms with Crippen molar-refractivity contribution >= 4 is 15.9 Å². The zero-order valence-corrected chi connectivity index (χ0v) is 15.1. The van der Waals surface area contributed by atoms with Gasteiger partial charge in [-0.1, -0.05) is 17.3 Å².